The molecule has 0 fully saturated rings. The Labute approximate surface area is 138 Å². The van der Waals surface area contributed by atoms with E-state index < -0.39 is 11.9 Å². The van der Waals surface area contributed by atoms with Gasteiger partial charge in [0.05, 0.1) is 21.3 Å². The molecule has 2 N–H and O–H groups in total. The maximum atomic E-state index is 12.2. The van der Waals surface area contributed by atoms with Crippen LogP contribution < -0.4 is 5.32 Å². The lowest BCUT2D eigenvalue weighted by atomic mass is 10.1. The van der Waals surface area contributed by atoms with Crippen LogP contribution >= 0.6 is 39.1 Å². The monoisotopic (exact) mass is 387 g/mol. The molecule has 7 heteroatoms. The van der Waals surface area contributed by atoms with Crippen molar-refractivity contribution in [1.29, 1.82) is 0 Å². The first-order valence-corrected chi connectivity index (χ1v) is 7.24. The topological polar surface area (TPSA) is 66.4 Å². The minimum absolute atomic E-state index is 0.00525. The van der Waals surface area contributed by atoms with E-state index >= 15 is 0 Å². The van der Waals surface area contributed by atoms with Gasteiger partial charge in [0.1, 0.15) is 5.56 Å². The van der Waals surface area contributed by atoms with Crippen molar-refractivity contribution in [2.45, 2.75) is 0 Å². The molecule has 0 heterocycles. The molecule has 0 aliphatic carbocycles. The average Bonchev–Trinajstić information content (AvgIpc) is 2.43. The highest BCUT2D eigenvalue weighted by molar-refractivity contribution is 9.10. The standard InChI is InChI=1S/C14H8BrCl2NO3/c15-8-4-2-1-3-7(8)13(19)18-12-10(17)6-5-9(16)11(12)14(20)21/h1-6H,(H,18,19)(H,20,21). The smallest absolute Gasteiger partial charge is 0.339 e. The number of aromatic carboxylic acids is 1. The SMILES string of the molecule is O=C(Nc1c(Cl)ccc(Cl)c1C(=O)O)c1ccccc1Br. The zero-order valence-corrected chi connectivity index (χ0v) is 13.5. The molecule has 0 aliphatic heterocycles. The molecule has 0 aromatic heterocycles. The molecule has 108 valence electrons. The molecule has 0 spiro atoms. The number of amides is 1. The van der Waals surface area contributed by atoms with Gasteiger partial charge in [-0.1, -0.05) is 35.3 Å². The minimum Gasteiger partial charge on any atom is -0.478 e. The van der Waals surface area contributed by atoms with Crippen LogP contribution in [0, 0.1) is 0 Å². The van der Waals surface area contributed by atoms with Crippen LogP contribution in [0.1, 0.15) is 20.7 Å². The van der Waals surface area contributed by atoms with Crippen molar-refractivity contribution in [3.8, 4) is 0 Å². The largest absolute Gasteiger partial charge is 0.478 e. The first-order chi connectivity index (χ1) is 9.91. The van der Waals surface area contributed by atoms with Crippen molar-refractivity contribution < 1.29 is 14.7 Å². The van der Waals surface area contributed by atoms with Gasteiger partial charge in [0.2, 0.25) is 0 Å². The molecule has 0 radical (unpaired) electrons. The van der Waals surface area contributed by atoms with Crippen LogP contribution in [0.3, 0.4) is 0 Å². The van der Waals surface area contributed by atoms with Crippen molar-refractivity contribution in [2.24, 2.45) is 0 Å². The lowest BCUT2D eigenvalue weighted by Gasteiger charge is -2.12. The molecule has 2 aromatic carbocycles. The van der Waals surface area contributed by atoms with E-state index in [1.165, 1.54) is 12.1 Å². The highest BCUT2D eigenvalue weighted by atomic mass is 79.9. The Morgan fingerprint density at radius 2 is 1.67 bits per heavy atom. The first kappa shape index (κ1) is 15.8. The molecule has 21 heavy (non-hydrogen) atoms. The number of carboxylic acids is 1. The third kappa shape index (κ3) is 3.37. The second-order valence-electron chi connectivity index (χ2n) is 4.02. The summed E-state index contributed by atoms with van der Waals surface area (Å²) in [6, 6.07) is 9.53. The number of carbonyl (C=O) groups is 2. The van der Waals surface area contributed by atoms with Crippen LogP contribution in [0.4, 0.5) is 5.69 Å². The van der Waals surface area contributed by atoms with Gasteiger partial charge in [0, 0.05) is 4.47 Å². The molecule has 4 nitrogen and oxygen atoms in total. The van der Waals surface area contributed by atoms with Gasteiger partial charge in [0.15, 0.2) is 0 Å². The van der Waals surface area contributed by atoms with Crippen molar-refractivity contribution in [3.05, 3.63) is 62.0 Å². The molecule has 2 aromatic rings. The van der Waals surface area contributed by atoms with E-state index in [4.69, 9.17) is 23.2 Å². The van der Waals surface area contributed by atoms with Crippen molar-refractivity contribution in [3.63, 3.8) is 0 Å². The molecule has 0 saturated heterocycles. The Morgan fingerprint density at radius 1 is 1.05 bits per heavy atom. The fraction of sp³-hybridized carbons (Fsp3) is 0. The summed E-state index contributed by atoms with van der Waals surface area (Å²) in [4.78, 5) is 23.5. The van der Waals surface area contributed by atoms with Crippen molar-refractivity contribution in [1.82, 2.24) is 0 Å². The summed E-state index contributed by atoms with van der Waals surface area (Å²) in [5.74, 6) is -1.76. The summed E-state index contributed by atoms with van der Waals surface area (Å²) >= 11 is 15.1. The summed E-state index contributed by atoms with van der Waals surface area (Å²) in [5.41, 5.74) is 0.0758. The summed E-state index contributed by atoms with van der Waals surface area (Å²) in [7, 11) is 0. The molecule has 0 atom stereocenters. The number of carboxylic acid groups (broad SMARTS) is 1. The van der Waals surface area contributed by atoms with E-state index in [9.17, 15) is 14.7 Å². The van der Waals surface area contributed by atoms with Crippen LogP contribution in [0.5, 0.6) is 0 Å². The van der Waals surface area contributed by atoms with E-state index in [-0.39, 0.29) is 21.3 Å². The van der Waals surface area contributed by atoms with E-state index in [1.54, 1.807) is 24.3 Å². The molecule has 2 rings (SSSR count). The second kappa shape index (κ2) is 6.47. The highest BCUT2D eigenvalue weighted by Crippen LogP contribution is 2.32. The molecule has 0 bridgehead atoms. The normalized spacial score (nSPS) is 10.2. The number of anilines is 1. The molecule has 1 amide bonds. The Balaban J connectivity index is 2.45. The van der Waals surface area contributed by atoms with Gasteiger partial charge in [-0.25, -0.2) is 4.79 Å². The Bertz CT molecular complexity index is 734. The van der Waals surface area contributed by atoms with Crippen molar-refractivity contribution >= 4 is 56.7 Å². The van der Waals surface area contributed by atoms with Gasteiger partial charge in [0.25, 0.3) is 5.91 Å². The molecular formula is C14H8BrCl2NO3. The first-order valence-electron chi connectivity index (χ1n) is 5.69. The minimum atomic E-state index is -1.27. The van der Waals surface area contributed by atoms with Crippen LogP contribution in [0.15, 0.2) is 40.9 Å². The number of nitrogens with one attached hydrogen (secondary N) is 1. The van der Waals surface area contributed by atoms with E-state index in [0.29, 0.717) is 10.0 Å². The predicted octanol–water partition coefficient (Wildman–Crippen LogP) is 4.71. The van der Waals surface area contributed by atoms with Gasteiger partial charge in [-0.15, -0.1) is 0 Å². The number of hydrogen-bond donors (Lipinski definition) is 2. The van der Waals surface area contributed by atoms with Crippen molar-refractivity contribution in [2.75, 3.05) is 5.32 Å². The maximum absolute atomic E-state index is 12.2. The Morgan fingerprint density at radius 3 is 2.29 bits per heavy atom. The second-order valence-corrected chi connectivity index (χ2v) is 5.69. The van der Waals surface area contributed by atoms with Crippen LogP contribution in [-0.2, 0) is 0 Å². The number of benzene rings is 2. The van der Waals surface area contributed by atoms with E-state index in [1.807, 2.05) is 0 Å². The van der Waals surface area contributed by atoms with Gasteiger partial charge < -0.3 is 10.4 Å². The quantitative estimate of drug-likeness (QED) is 0.800. The van der Waals surface area contributed by atoms with E-state index in [0.717, 1.165) is 0 Å². The summed E-state index contributed by atoms with van der Waals surface area (Å²) < 4.78 is 0.581. The van der Waals surface area contributed by atoms with Crippen LogP contribution in [0.25, 0.3) is 0 Å². The lowest BCUT2D eigenvalue weighted by Crippen LogP contribution is -2.16. The van der Waals surface area contributed by atoms with Gasteiger partial charge in [-0.2, -0.15) is 0 Å². The molecule has 0 saturated carbocycles. The summed E-state index contributed by atoms with van der Waals surface area (Å²) in [6.45, 7) is 0. The molecule has 0 aliphatic rings. The van der Waals surface area contributed by atoms with Gasteiger partial charge >= 0.3 is 5.97 Å². The Hall–Kier alpha value is -1.56. The fourth-order valence-electron chi connectivity index (χ4n) is 1.71. The fourth-order valence-corrected chi connectivity index (χ4v) is 2.62. The number of carbonyl (C=O) groups excluding carboxylic acids is 1. The van der Waals surface area contributed by atoms with Crippen LogP contribution in [-0.4, -0.2) is 17.0 Å². The highest BCUT2D eigenvalue weighted by Gasteiger charge is 2.20. The molecular weight excluding hydrogens is 381 g/mol. The van der Waals surface area contributed by atoms with Gasteiger partial charge in [-0.05, 0) is 40.2 Å². The van der Waals surface area contributed by atoms with Gasteiger partial charge in [-0.3, -0.25) is 4.79 Å². The summed E-state index contributed by atoms with van der Waals surface area (Å²) in [6.07, 6.45) is 0. The number of rotatable bonds is 3. The maximum Gasteiger partial charge on any atom is 0.339 e. The third-order valence-electron chi connectivity index (χ3n) is 2.67. The molecule has 0 unspecified atom stereocenters. The zero-order chi connectivity index (χ0) is 15.6. The third-order valence-corrected chi connectivity index (χ3v) is 4.00. The lowest BCUT2D eigenvalue weighted by molar-refractivity contribution is 0.0698. The zero-order valence-electron chi connectivity index (χ0n) is 10.4. The predicted molar refractivity (Wildman–Crippen MR) is 85.5 cm³/mol. The number of hydrogen-bond acceptors (Lipinski definition) is 2. The van der Waals surface area contributed by atoms with E-state index in [2.05, 4.69) is 21.2 Å². The average molecular weight is 389 g/mol. The summed E-state index contributed by atoms with van der Waals surface area (Å²) in [5, 5.41) is 11.8. The Kier molecular flexibility index (Phi) is 4.88. The van der Waals surface area contributed by atoms with Crippen LogP contribution in [0.2, 0.25) is 10.0 Å². The number of halogens is 3.